The molecule has 0 heteroatoms. The predicted molar refractivity (Wildman–Crippen MR) is 75.4 cm³/mol. The van der Waals surface area contributed by atoms with Crippen molar-refractivity contribution in [2.24, 2.45) is 0 Å². The van der Waals surface area contributed by atoms with E-state index in [1.807, 2.05) is 19.1 Å². The SMILES string of the molecule is C=Cc1c(C)cc(/C=C\C)c(CC)c1C=C. The summed E-state index contributed by atoms with van der Waals surface area (Å²) in [4.78, 5) is 0. The monoisotopic (exact) mass is 212 g/mol. The molecule has 0 amide bonds. The first kappa shape index (κ1) is 12.5. The zero-order valence-corrected chi connectivity index (χ0v) is 10.5. The van der Waals surface area contributed by atoms with E-state index in [2.05, 4.69) is 45.2 Å². The van der Waals surface area contributed by atoms with Crippen LogP contribution in [0.15, 0.2) is 25.3 Å². The quantitative estimate of drug-likeness (QED) is 0.667. The van der Waals surface area contributed by atoms with Crippen LogP contribution in [0.3, 0.4) is 0 Å². The molecule has 0 heterocycles. The van der Waals surface area contributed by atoms with Crippen LogP contribution in [0.5, 0.6) is 0 Å². The lowest BCUT2D eigenvalue weighted by Crippen LogP contribution is -1.97. The third kappa shape index (κ3) is 2.16. The minimum absolute atomic E-state index is 1.02. The van der Waals surface area contributed by atoms with Gasteiger partial charge in [-0.2, -0.15) is 0 Å². The fraction of sp³-hybridized carbons (Fsp3) is 0.250. The highest BCUT2D eigenvalue weighted by Crippen LogP contribution is 2.26. The van der Waals surface area contributed by atoms with Crippen LogP contribution in [-0.4, -0.2) is 0 Å². The molecule has 0 aliphatic rings. The van der Waals surface area contributed by atoms with Gasteiger partial charge in [-0.3, -0.25) is 0 Å². The molecule has 0 atom stereocenters. The number of benzene rings is 1. The Morgan fingerprint density at radius 1 is 1.19 bits per heavy atom. The van der Waals surface area contributed by atoms with E-state index in [0.717, 1.165) is 6.42 Å². The molecule has 0 N–H and O–H groups in total. The van der Waals surface area contributed by atoms with E-state index in [-0.39, 0.29) is 0 Å². The van der Waals surface area contributed by atoms with E-state index in [1.54, 1.807) is 0 Å². The van der Waals surface area contributed by atoms with E-state index < -0.39 is 0 Å². The van der Waals surface area contributed by atoms with Crippen molar-refractivity contribution in [2.75, 3.05) is 0 Å². The molecule has 0 nitrogen and oxygen atoms in total. The third-order valence-electron chi connectivity index (χ3n) is 2.87. The van der Waals surface area contributed by atoms with E-state index >= 15 is 0 Å². The molecule has 0 saturated carbocycles. The highest BCUT2D eigenvalue weighted by atomic mass is 14.1. The number of hydrogen-bond donors (Lipinski definition) is 0. The molecule has 1 aromatic rings. The molecule has 0 aliphatic carbocycles. The Labute approximate surface area is 99.0 Å². The molecule has 0 unspecified atom stereocenters. The van der Waals surface area contributed by atoms with Gasteiger partial charge in [0.1, 0.15) is 0 Å². The third-order valence-corrected chi connectivity index (χ3v) is 2.87. The van der Waals surface area contributed by atoms with Gasteiger partial charge < -0.3 is 0 Å². The lowest BCUT2D eigenvalue weighted by molar-refractivity contribution is 1.12. The van der Waals surface area contributed by atoms with Gasteiger partial charge in [-0.15, -0.1) is 0 Å². The van der Waals surface area contributed by atoms with Gasteiger partial charge in [0.2, 0.25) is 0 Å². The van der Waals surface area contributed by atoms with Crippen molar-refractivity contribution in [3.8, 4) is 0 Å². The molecule has 84 valence electrons. The van der Waals surface area contributed by atoms with E-state index in [0.29, 0.717) is 0 Å². The molecule has 0 aromatic heterocycles. The van der Waals surface area contributed by atoms with E-state index in [4.69, 9.17) is 0 Å². The van der Waals surface area contributed by atoms with E-state index in [1.165, 1.54) is 27.8 Å². The van der Waals surface area contributed by atoms with Crippen molar-refractivity contribution < 1.29 is 0 Å². The topological polar surface area (TPSA) is 0 Å². The molecule has 0 aliphatic heterocycles. The Hall–Kier alpha value is -1.56. The summed E-state index contributed by atoms with van der Waals surface area (Å²) in [5.41, 5.74) is 6.34. The number of rotatable bonds is 4. The number of hydrogen-bond acceptors (Lipinski definition) is 0. The highest BCUT2D eigenvalue weighted by molar-refractivity contribution is 5.74. The lowest BCUT2D eigenvalue weighted by atomic mass is 9.90. The van der Waals surface area contributed by atoms with Crippen molar-refractivity contribution in [1.82, 2.24) is 0 Å². The van der Waals surface area contributed by atoms with Crippen LogP contribution in [0.4, 0.5) is 0 Å². The van der Waals surface area contributed by atoms with Crippen molar-refractivity contribution in [1.29, 1.82) is 0 Å². The molecular weight excluding hydrogens is 192 g/mol. The largest absolute Gasteiger partial charge is 0.0984 e. The summed E-state index contributed by atoms with van der Waals surface area (Å²) in [5, 5.41) is 0. The number of allylic oxidation sites excluding steroid dienone is 1. The first-order valence-corrected chi connectivity index (χ1v) is 5.73. The van der Waals surface area contributed by atoms with Crippen molar-refractivity contribution >= 4 is 18.2 Å². The summed E-state index contributed by atoms with van der Waals surface area (Å²) < 4.78 is 0. The molecule has 1 rings (SSSR count). The van der Waals surface area contributed by atoms with Gasteiger partial charge in [0, 0.05) is 0 Å². The van der Waals surface area contributed by atoms with Crippen LogP contribution >= 0.6 is 0 Å². The standard InChI is InChI=1S/C16H20/c1-6-10-13-11-12(5)14(7-2)16(9-4)15(13)8-3/h6-7,9-11H,2,4,8H2,1,3,5H3/b10-6-. The molecule has 1 aromatic carbocycles. The fourth-order valence-corrected chi connectivity index (χ4v) is 2.16. The molecule has 0 saturated heterocycles. The summed E-state index contributed by atoms with van der Waals surface area (Å²) in [6, 6.07) is 2.23. The minimum atomic E-state index is 1.02. The first-order valence-electron chi connectivity index (χ1n) is 5.73. The first-order chi connectivity index (χ1) is 7.69. The van der Waals surface area contributed by atoms with Crippen LogP contribution < -0.4 is 0 Å². The molecule has 0 fully saturated rings. The normalized spacial score (nSPS) is 10.7. The van der Waals surface area contributed by atoms with Crippen LogP contribution in [0.25, 0.3) is 18.2 Å². The summed E-state index contributed by atoms with van der Waals surface area (Å²) in [7, 11) is 0. The molecule has 0 spiro atoms. The fourth-order valence-electron chi connectivity index (χ4n) is 2.16. The van der Waals surface area contributed by atoms with Crippen molar-refractivity contribution in [2.45, 2.75) is 27.2 Å². The predicted octanol–water partition coefficient (Wildman–Crippen LogP) is 4.88. The minimum Gasteiger partial charge on any atom is -0.0984 e. The highest BCUT2D eigenvalue weighted by Gasteiger charge is 2.09. The summed E-state index contributed by atoms with van der Waals surface area (Å²) in [6.07, 6.45) is 9.11. The lowest BCUT2D eigenvalue weighted by Gasteiger charge is -2.14. The summed E-state index contributed by atoms with van der Waals surface area (Å²) >= 11 is 0. The molecule has 0 bridgehead atoms. The smallest absolute Gasteiger partial charge is 0.0149 e. The van der Waals surface area contributed by atoms with Gasteiger partial charge in [0.25, 0.3) is 0 Å². The Bertz CT molecular complexity index is 434. The van der Waals surface area contributed by atoms with Gasteiger partial charge in [-0.25, -0.2) is 0 Å². The maximum Gasteiger partial charge on any atom is -0.0149 e. The van der Waals surface area contributed by atoms with Crippen LogP contribution in [0, 0.1) is 6.92 Å². The van der Waals surface area contributed by atoms with Gasteiger partial charge in [0.15, 0.2) is 0 Å². The second-order valence-corrected chi connectivity index (χ2v) is 3.85. The second kappa shape index (κ2) is 5.50. The Morgan fingerprint density at radius 3 is 2.25 bits per heavy atom. The van der Waals surface area contributed by atoms with Crippen LogP contribution in [-0.2, 0) is 6.42 Å². The van der Waals surface area contributed by atoms with Gasteiger partial charge in [0.05, 0.1) is 0 Å². The zero-order valence-electron chi connectivity index (χ0n) is 10.5. The van der Waals surface area contributed by atoms with Crippen LogP contribution in [0.2, 0.25) is 0 Å². The molecule has 0 radical (unpaired) electrons. The molecule has 16 heavy (non-hydrogen) atoms. The zero-order chi connectivity index (χ0) is 12.1. The summed E-state index contributed by atoms with van der Waals surface area (Å²) in [5.74, 6) is 0. The van der Waals surface area contributed by atoms with Crippen molar-refractivity contribution in [3.63, 3.8) is 0 Å². The number of aryl methyl sites for hydroxylation is 1. The van der Waals surface area contributed by atoms with Gasteiger partial charge in [-0.1, -0.05) is 50.5 Å². The Kier molecular flexibility index (Phi) is 4.30. The van der Waals surface area contributed by atoms with Crippen molar-refractivity contribution in [3.05, 3.63) is 53.1 Å². The average Bonchev–Trinajstić information content (AvgIpc) is 2.28. The van der Waals surface area contributed by atoms with Crippen LogP contribution in [0.1, 0.15) is 41.7 Å². The van der Waals surface area contributed by atoms with E-state index in [9.17, 15) is 0 Å². The Balaban J connectivity index is 3.62. The molecular formula is C16H20. The maximum absolute atomic E-state index is 3.92. The maximum atomic E-state index is 3.92. The second-order valence-electron chi connectivity index (χ2n) is 3.85. The van der Waals surface area contributed by atoms with Gasteiger partial charge in [-0.05, 0) is 48.1 Å². The Morgan fingerprint density at radius 2 is 1.81 bits per heavy atom. The summed E-state index contributed by atoms with van der Waals surface area (Å²) in [6.45, 7) is 14.1. The van der Waals surface area contributed by atoms with Gasteiger partial charge >= 0.3 is 0 Å². The average molecular weight is 212 g/mol.